The Morgan fingerprint density at radius 3 is 2.58 bits per heavy atom. The van der Waals surface area contributed by atoms with Crippen LogP contribution in [0.2, 0.25) is 5.15 Å². The standard InChI is InChI=1S/C15H16Cl2N2/c1-10(11-7-8-11)19-15(17)13(9-16)14(18-19)12-5-3-2-4-6-12/h2-6,10-11H,7-9H2,1H3. The van der Waals surface area contributed by atoms with Crippen molar-refractivity contribution in [1.29, 1.82) is 0 Å². The van der Waals surface area contributed by atoms with Gasteiger partial charge in [0.05, 0.1) is 17.6 Å². The van der Waals surface area contributed by atoms with Crippen molar-refractivity contribution in [3.8, 4) is 11.3 Å². The third-order valence-electron chi connectivity index (χ3n) is 3.81. The molecule has 1 aromatic carbocycles. The molecular weight excluding hydrogens is 279 g/mol. The summed E-state index contributed by atoms with van der Waals surface area (Å²) in [5.41, 5.74) is 2.91. The average Bonchev–Trinajstić information content (AvgIpc) is 3.23. The number of aromatic nitrogens is 2. The summed E-state index contributed by atoms with van der Waals surface area (Å²) >= 11 is 12.5. The largest absolute Gasteiger partial charge is 0.250 e. The van der Waals surface area contributed by atoms with Gasteiger partial charge in [-0.25, -0.2) is 0 Å². The summed E-state index contributed by atoms with van der Waals surface area (Å²) in [5.74, 6) is 1.10. The zero-order valence-corrected chi connectivity index (χ0v) is 12.3. The van der Waals surface area contributed by atoms with Crippen molar-refractivity contribution in [2.24, 2.45) is 5.92 Å². The van der Waals surface area contributed by atoms with E-state index in [4.69, 9.17) is 28.3 Å². The number of rotatable bonds is 4. The third kappa shape index (κ3) is 2.39. The molecule has 0 aliphatic heterocycles. The van der Waals surface area contributed by atoms with E-state index >= 15 is 0 Å². The lowest BCUT2D eigenvalue weighted by Gasteiger charge is -2.11. The molecule has 0 amide bonds. The Kier molecular flexibility index (Phi) is 3.55. The van der Waals surface area contributed by atoms with Gasteiger partial charge in [0.25, 0.3) is 0 Å². The molecule has 1 heterocycles. The molecule has 0 N–H and O–H groups in total. The van der Waals surface area contributed by atoms with Gasteiger partial charge in [-0.1, -0.05) is 41.9 Å². The lowest BCUT2D eigenvalue weighted by molar-refractivity contribution is 0.441. The van der Waals surface area contributed by atoms with Crippen molar-refractivity contribution in [1.82, 2.24) is 9.78 Å². The molecule has 0 radical (unpaired) electrons. The molecule has 1 unspecified atom stereocenters. The lowest BCUT2D eigenvalue weighted by atomic mass is 10.1. The maximum Gasteiger partial charge on any atom is 0.132 e. The highest BCUT2D eigenvalue weighted by molar-refractivity contribution is 6.31. The Balaban J connectivity index is 2.07. The van der Waals surface area contributed by atoms with Gasteiger partial charge in [-0.15, -0.1) is 11.6 Å². The quantitative estimate of drug-likeness (QED) is 0.732. The monoisotopic (exact) mass is 294 g/mol. The molecule has 19 heavy (non-hydrogen) atoms. The molecular formula is C15H16Cl2N2. The molecule has 1 aromatic heterocycles. The van der Waals surface area contributed by atoms with Gasteiger partial charge in [0.1, 0.15) is 5.15 Å². The molecule has 1 aliphatic rings. The van der Waals surface area contributed by atoms with E-state index in [9.17, 15) is 0 Å². The molecule has 4 heteroatoms. The van der Waals surface area contributed by atoms with Crippen LogP contribution in [0, 0.1) is 5.92 Å². The van der Waals surface area contributed by atoms with Crippen LogP contribution in [0.5, 0.6) is 0 Å². The molecule has 3 rings (SSSR count). The first-order chi connectivity index (χ1) is 9.22. The van der Waals surface area contributed by atoms with Crippen molar-refractivity contribution >= 4 is 23.2 Å². The van der Waals surface area contributed by atoms with Crippen LogP contribution in [0.3, 0.4) is 0 Å². The summed E-state index contributed by atoms with van der Waals surface area (Å²) in [6.07, 6.45) is 2.54. The van der Waals surface area contributed by atoms with Gasteiger partial charge in [-0.2, -0.15) is 5.10 Å². The summed E-state index contributed by atoms with van der Waals surface area (Å²) in [7, 11) is 0. The van der Waals surface area contributed by atoms with Gasteiger partial charge < -0.3 is 0 Å². The van der Waals surface area contributed by atoms with Crippen molar-refractivity contribution in [3.05, 3.63) is 41.0 Å². The number of hydrogen-bond acceptors (Lipinski definition) is 1. The third-order valence-corrected chi connectivity index (χ3v) is 4.48. The summed E-state index contributed by atoms with van der Waals surface area (Å²) < 4.78 is 1.94. The SMILES string of the molecule is CC(C1CC1)n1nc(-c2ccccc2)c(CCl)c1Cl. The smallest absolute Gasteiger partial charge is 0.132 e. The van der Waals surface area contributed by atoms with E-state index in [1.807, 2.05) is 35.0 Å². The van der Waals surface area contributed by atoms with E-state index < -0.39 is 0 Å². The second-order valence-electron chi connectivity index (χ2n) is 5.14. The topological polar surface area (TPSA) is 17.8 Å². The predicted octanol–water partition coefficient (Wildman–Crippen LogP) is 4.91. The van der Waals surface area contributed by atoms with Crippen molar-refractivity contribution < 1.29 is 0 Å². The molecule has 1 aliphatic carbocycles. The van der Waals surface area contributed by atoms with E-state index in [1.54, 1.807) is 0 Å². The van der Waals surface area contributed by atoms with Crippen LogP contribution in [0.15, 0.2) is 30.3 Å². The van der Waals surface area contributed by atoms with Gasteiger partial charge in [0.2, 0.25) is 0 Å². The van der Waals surface area contributed by atoms with Crippen molar-refractivity contribution in [2.75, 3.05) is 0 Å². The minimum atomic E-state index is 0.354. The highest BCUT2D eigenvalue weighted by Gasteiger charge is 2.32. The summed E-state index contributed by atoms with van der Waals surface area (Å²) in [4.78, 5) is 0. The molecule has 100 valence electrons. The van der Waals surface area contributed by atoms with Crippen LogP contribution in [0.4, 0.5) is 0 Å². The van der Waals surface area contributed by atoms with Gasteiger partial charge in [-0.3, -0.25) is 4.68 Å². The Labute approximate surface area is 123 Å². The van der Waals surface area contributed by atoms with E-state index in [1.165, 1.54) is 12.8 Å². The summed E-state index contributed by atoms with van der Waals surface area (Å²) in [5, 5.41) is 5.40. The van der Waals surface area contributed by atoms with Crippen LogP contribution in [0.25, 0.3) is 11.3 Å². The number of alkyl halides is 1. The molecule has 0 bridgehead atoms. The first-order valence-electron chi connectivity index (χ1n) is 6.60. The minimum Gasteiger partial charge on any atom is -0.250 e. The molecule has 2 aromatic rings. The van der Waals surface area contributed by atoms with Crippen LogP contribution in [-0.2, 0) is 5.88 Å². The van der Waals surface area contributed by atoms with Gasteiger partial charge in [0, 0.05) is 11.1 Å². The second-order valence-corrected chi connectivity index (χ2v) is 5.77. The average molecular weight is 295 g/mol. The predicted molar refractivity (Wildman–Crippen MR) is 79.7 cm³/mol. The zero-order valence-electron chi connectivity index (χ0n) is 10.8. The Hall–Kier alpha value is -0.990. The number of hydrogen-bond donors (Lipinski definition) is 0. The Bertz CT molecular complexity index is 573. The highest BCUT2D eigenvalue weighted by atomic mass is 35.5. The van der Waals surface area contributed by atoms with E-state index in [-0.39, 0.29) is 0 Å². The molecule has 1 saturated carbocycles. The van der Waals surface area contributed by atoms with Crippen LogP contribution in [0.1, 0.15) is 31.4 Å². The number of nitrogens with zero attached hydrogens (tertiary/aromatic N) is 2. The molecule has 0 spiro atoms. The van der Waals surface area contributed by atoms with E-state index in [2.05, 4.69) is 6.92 Å². The van der Waals surface area contributed by atoms with Gasteiger partial charge in [-0.05, 0) is 25.7 Å². The number of benzene rings is 1. The molecule has 1 fully saturated rings. The van der Waals surface area contributed by atoms with Gasteiger partial charge in [0.15, 0.2) is 0 Å². The lowest BCUT2D eigenvalue weighted by Crippen LogP contribution is -2.09. The normalized spacial score (nSPS) is 16.6. The van der Waals surface area contributed by atoms with Crippen molar-refractivity contribution in [2.45, 2.75) is 31.7 Å². The molecule has 0 saturated heterocycles. The fourth-order valence-corrected chi connectivity index (χ4v) is 3.11. The van der Waals surface area contributed by atoms with Gasteiger partial charge >= 0.3 is 0 Å². The van der Waals surface area contributed by atoms with E-state index in [0.717, 1.165) is 16.8 Å². The zero-order chi connectivity index (χ0) is 13.4. The maximum atomic E-state index is 6.46. The molecule has 2 nitrogen and oxygen atoms in total. The Morgan fingerprint density at radius 1 is 1.32 bits per heavy atom. The first kappa shape index (κ1) is 13.0. The van der Waals surface area contributed by atoms with E-state index in [0.29, 0.717) is 23.0 Å². The second kappa shape index (κ2) is 5.18. The minimum absolute atomic E-state index is 0.354. The summed E-state index contributed by atoms with van der Waals surface area (Å²) in [6.45, 7) is 2.18. The molecule has 1 atom stereocenters. The highest BCUT2D eigenvalue weighted by Crippen LogP contribution is 2.42. The fourth-order valence-electron chi connectivity index (χ4n) is 2.44. The number of halogens is 2. The van der Waals surface area contributed by atoms with Crippen LogP contribution < -0.4 is 0 Å². The maximum absolute atomic E-state index is 6.46. The van der Waals surface area contributed by atoms with Crippen LogP contribution >= 0.6 is 23.2 Å². The first-order valence-corrected chi connectivity index (χ1v) is 7.52. The fraction of sp³-hybridized carbons (Fsp3) is 0.400. The van der Waals surface area contributed by atoms with Crippen molar-refractivity contribution in [3.63, 3.8) is 0 Å². The van der Waals surface area contributed by atoms with Crippen LogP contribution in [-0.4, -0.2) is 9.78 Å². The Morgan fingerprint density at radius 2 is 2.00 bits per heavy atom. The summed E-state index contributed by atoms with van der Waals surface area (Å²) in [6, 6.07) is 10.4.